The first kappa shape index (κ1) is 10.0. The Morgan fingerprint density at radius 1 is 1.31 bits per heavy atom. The number of rotatable bonds is 4. The minimum absolute atomic E-state index is 0.140. The van der Waals surface area contributed by atoms with E-state index in [1.807, 2.05) is 6.07 Å². The second-order valence-electron chi connectivity index (χ2n) is 3.03. The largest absolute Gasteiger partial charge is 0.508 e. The zero-order valence-corrected chi connectivity index (χ0v) is 7.48. The van der Waals surface area contributed by atoms with E-state index in [1.54, 1.807) is 18.2 Å². The van der Waals surface area contributed by atoms with Crippen LogP contribution in [0.4, 0.5) is 0 Å². The molecule has 3 heteroatoms. The smallest absolute Gasteiger partial charge is 0.120 e. The van der Waals surface area contributed by atoms with Crippen LogP contribution in [0.25, 0.3) is 0 Å². The Bertz CT molecular complexity index is 263. The van der Waals surface area contributed by atoms with Crippen molar-refractivity contribution in [2.45, 2.75) is 18.9 Å². The molecule has 72 valence electrons. The molecule has 0 radical (unpaired) electrons. The van der Waals surface area contributed by atoms with Crippen molar-refractivity contribution in [1.29, 1.82) is 0 Å². The van der Waals surface area contributed by atoms with Gasteiger partial charge in [-0.05, 0) is 18.9 Å². The van der Waals surface area contributed by atoms with Gasteiger partial charge in [0, 0.05) is 18.2 Å². The van der Waals surface area contributed by atoms with Crippen LogP contribution < -0.4 is 5.73 Å². The lowest BCUT2D eigenvalue weighted by atomic mass is 10.0. The molecule has 0 amide bonds. The summed E-state index contributed by atoms with van der Waals surface area (Å²) in [5.74, 6) is 0.230. The molecule has 0 fully saturated rings. The molecule has 13 heavy (non-hydrogen) atoms. The standard InChI is InChI=1S/C10H15NO2/c11-9(5-3-7-12)8-4-1-2-6-10(8)13/h1-2,4,6,9,12-13H,3,5,7,11H2/t9-/m1/s1. The van der Waals surface area contributed by atoms with E-state index >= 15 is 0 Å². The maximum absolute atomic E-state index is 9.44. The summed E-state index contributed by atoms with van der Waals surface area (Å²) in [5, 5.41) is 18.1. The molecule has 0 saturated heterocycles. The lowest BCUT2D eigenvalue weighted by Gasteiger charge is -2.12. The zero-order valence-electron chi connectivity index (χ0n) is 7.48. The minimum atomic E-state index is -0.187. The number of hydrogen-bond donors (Lipinski definition) is 3. The first-order valence-electron chi connectivity index (χ1n) is 4.40. The summed E-state index contributed by atoms with van der Waals surface area (Å²) in [7, 11) is 0. The van der Waals surface area contributed by atoms with Gasteiger partial charge in [-0.2, -0.15) is 0 Å². The van der Waals surface area contributed by atoms with E-state index < -0.39 is 0 Å². The zero-order chi connectivity index (χ0) is 9.68. The molecule has 1 aromatic carbocycles. The van der Waals surface area contributed by atoms with Crippen LogP contribution in [0.1, 0.15) is 24.4 Å². The molecule has 1 aromatic rings. The summed E-state index contributed by atoms with van der Waals surface area (Å²) in [4.78, 5) is 0. The van der Waals surface area contributed by atoms with Crippen LogP contribution in [0.5, 0.6) is 5.75 Å². The molecule has 0 heterocycles. The van der Waals surface area contributed by atoms with Crippen LogP contribution in [-0.2, 0) is 0 Å². The van der Waals surface area contributed by atoms with Crippen LogP contribution >= 0.6 is 0 Å². The van der Waals surface area contributed by atoms with E-state index in [4.69, 9.17) is 10.8 Å². The van der Waals surface area contributed by atoms with Crippen molar-refractivity contribution in [3.63, 3.8) is 0 Å². The predicted octanol–water partition coefficient (Wildman–Crippen LogP) is 1.16. The summed E-state index contributed by atoms with van der Waals surface area (Å²) < 4.78 is 0. The first-order chi connectivity index (χ1) is 6.25. The predicted molar refractivity (Wildman–Crippen MR) is 51.4 cm³/mol. The third kappa shape index (κ3) is 2.72. The fraction of sp³-hybridized carbons (Fsp3) is 0.400. The van der Waals surface area contributed by atoms with Crippen molar-refractivity contribution in [3.05, 3.63) is 29.8 Å². The Morgan fingerprint density at radius 2 is 2.00 bits per heavy atom. The van der Waals surface area contributed by atoms with Gasteiger partial charge in [0.1, 0.15) is 5.75 Å². The van der Waals surface area contributed by atoms with Crippen molar-refractivity contribution in [2.24, 2.45) is 5.73 Å². The normalized spacial score (nSPS) is 12.8. The van der Waals surface area contributed by atoms with Gasteiger partial charge in [-0.1, -0.05) is 18.2 Å². The van der Waals surface area contributed by atoms with E-state index in [2.05, 4.69) is 0 Å². The lowest BCUT2D eigenvalue weighted by molar-refractivity contribution is 0.279. The number of para-hydroxylation sites is 1. The number of aliphatic hydroxyl groups excluding tert-OH is 1. The van der Waals surface area contributed by atoms with E-state index in [-0.39, 0.29) is 18.4 Å². The SMILES string of the molecule is N[C@H](CCCO)c1ccccc1O. The van der Waals surface area contributed by atoms with E-state index in [0.717, 1.165) is 5.56 Å². The Labute approximate surface area is 77.8 Å². The molecule has 0 aliphatic heterocycles. The Hall–Kier alpha value is -1.06. The lowest BCUT2D eigenvalue weighted by Crippen LogP contribution is -2.10. The Morgan fingerprint density at radius 3 is 2.62 bits per heavy atom. The molecule has 0 unspecified atom stereocenters. The summed E-state index contributed by atoms with van der Waals surface area (Å²) in [6.07, 6.45) is 1.35. The third-order valence-electron chi connectivity index (χ3n) is 2.01. The number of phenolic OH excluding ortho intramolecular Hbond substituents is 1. The number of hydrogen-bond acceptors (Lipinski definition) is 3. The summed E-state index contributed by atoms with van der Waals surface area (Å²) in [5.41, 5.74) is 6.56. The van der Waals surface area contributed by atoms with Crippen LogP contribution in [0, 0.1) is 0 Å². The maximum Gasteiger partial charge on any atom is 0.120 e. The average molecular weight is 181 g/mol. The second kappa shape index (κ2) is 4.84. The van der Waals surface area contributed by atoms with Crippen LogP contribution in [0.15, 0.2) is 24.3 Å². The van der Waals surface area contributed by atoms with Gasteiger partial charge >= 0.3 is 0 Å². The highest BCUT2D eigenvalue weighted by Gasteiger charge is 2.08. The molecule has 0 aliphatic carbocycles. The number of phenols is 1. The highest BCUT2D eigenvalue weighted by Crippen LogP contribution is 2.24. The molecule has 1 rings (SSSR count). The second-order valence-corrected chi connectivity index (χ2v) is 3.03. The summed E-state index contributed by atoms with van der Waals surface area (Å²) >= 11 is 0. The molecule has 1 atom stereocenters. The molecule has 0 spiro atoms. The van der Waals surface area contributed by atoms with Gasteiger partial charge in [-0.15, -0.1) is 0 Å². The van der Waals surface area contributed by atoms with Gasteiger partial charge in [0.15, 0.2) is 0 Å². The molecule has 0 aromatic heterocycles. The van der Waals surface area contributed by atoms with E-state index in [9.17, 15) is 5.11 Å². The average Bonchev–Trinajstić information content (AvgIpc) is 2.15. The molecule has 0 saturated carbocycles. The van der Waals surface area contributed by atoms with Gasteiger partial charge in [0.05, 0.1) is 0 Å². The Balaban J connectivity index is 2.65. The van der Waals surface area contributed by atoms with Crippen molar-refractivity contribution in [1.82, 2.24) is 0 Å². The van der Waals surface area contributed by atoms with E-state index in [1.165, 1.54) is 0 Å². The molecular weight excluding hydrogens is 166 g/mol. The van der Waals surface area contributed by atoms with Gasteiger partial charge in [-0.25, -0.2) is 0 Å². The molecule has 4 N–H and O–H groups in total. The van der Waals surface area contributed by atoms with Crippen LogP contribution in [0.2, 0.25) is 0 Å². The monoisotopic (exact) mass is 181 g/mol. The van der Waals surface area contributed by atoms with Gasteiger partial charge in [-0.3, -0.25) is 0 Å². The number of nitrogens with two attached hydrogens (primary N) is 1. The minimum Gasteiger partial charge on any atom is -0.508 e. The van der Waals surface area contributed by atoms with Crippen molar-refractivity contribution in [3.8, 4) is 5.75 Å². The number of aromatic hydroxyl groups is 1. The molecule has 0 aliphatic rings. The van der Waals surface area contributed by atoms with Crippen molar-refractivity contribution < 1.29 is 10.2 Å². The first-order valence-corrected chi connectivity index (χ1v) is 4.40. The van der Waals surface area contributed by atoms with Crippen molar-refractivity contribution >= 4 is 0 Å². The van der Waals surface area contributed by atoms with Gasteiger partial charge in [0.25, 0.3) is 0 Å². The topological polar surface area (TPSA) is 66.5 Å². The van der Waals surface area contributed by atoms with Crippen molar-refractivity contribution in [2.75, 3.05) is 6.61 Å². The quantitative estimate of drug-likeness (QED) is 0.653. The summed E-state index contributed by atoms with van der Waals surface area (Å²) in [6, 6.07) is 6.84. The van der Waals surface area contributed by atoms with Gasteiger partial charge < -0.3 is 15.9 Å². The maximum atomic E-state index is 9.44. The third-order valence-corrected chi connectivity index (χ3v) is 2.01. The molecule has 3 nitrogen and oxygen atoms in total. The number of aliphatic hydroxyl groups is 1. The molecule has 0 bridgehead atoms. The van der Waals surface area contributed by atoms with E-state index in [0.29, 0.717) is 12.8 Å². The highest BCUT2D eigenvalue weighted by molar-refractivity contribution is 5.34. The number of benzene rings is 1. The van der Waals surface area contributed by atoms with Crippen LogP contribution in [0.3, 0.4) is 0 Å². The van der Waals surface area contributed by atoms with Crippen LogP contribution in [-0.4, -0.2) is 16.8 Å². The fourth-order valence-corrected chi connectivity index (χ4v) is 1.27. The fourth-order valence-electron chi connectivity index (χ4n) is 1.27. The van der Waals surface area contributed by atoms with Gasteiger partial charge in [0.2, 0.25) is 0 Å². The Kier molecular flexibility index (Phi) is 3.73. The highest BCUT2D eigenvalue weighted by atomic mass is 16.3. The molecular formula is C10H15NO2. The summed E-state index contributed by atoms with van der Waals surface area (Å²) in [6.45, 7) is 0.140.